The van der Waals surface area contributed by atoms with Gasteiger partial charge in [-0.3, -0.25) is 14.9 Å². The summed E-state index contributed by atoms with van der Waals surface area (Å²) in [5, 5.41) is 13.8. The first-order valence-corrected chi connectivity index (χ1v) is 10.1. The molecule has 0 radical (unpaired) electrons. The predicted molar refractivity (Wildman–Crippen MR) is 112 cm³/mol. The van der Waals surface area contributed by atoms with E-state index < -0.39 is 23.4 Å². The second-order valence-corrected chi connectivity index (χ2v) is 7.15. The summed E-state index contributed by atoms with van der Waals surface area (Å²) in [6.45, 7) is 1.46. The van der Waals surface area contributed by atoms with E-state index in [9.17, 15) is 19.7 Å². The zero-order valence-electron chi connectivity index (χ0n) is 16.1. The van der Waals surface area contributed by atoms with Crippen LogP contribution in [0.25, 0.3) is 11.0 Å². The molecule has 31 heavy (non-hydrogen) atoms. The number of carbonyl (C=O) groups excluding carboxylic acids is 2. The number of ether oxygens (including phenoxy) is 2. The average molecular weight is 443 g/mol. The van der Waals surface area contributed by atoms with Crippen molar-refractivity contribution in [2.45, 2.75) is 0 Å². The smallest absolute Gasteiger partial charge is 0.341 e. The van der Waals surface area contributed by atoms with Gasteiger partial charge in [-0.2, -0.15) is 8.75 Å². The van der Waals surface area contributed by atoms with E-state index in [1.807, 2.05) is 4.90 Å². The van der Waals surface area contributed by atoms with Crippen molar-refractivity contribution in [1.29, 1.82) is 0 Å². The fraction of sp³-hybridized carbons (Fsp3) is 0.263. The zero-order chi connectivity index (χ0) is 21.8. The normalized spacial score (nSPS) is 13.7. The minimum Gasteiger partial charge on any atom is -0.452 e. The molecule has 1 fully saturated rings. The number of nitrogens with one attached hydrogen (secondary N) is 1. The van der Waals surface area contributed by atoms with Gasteiger partial charge in [-0.25, -0.2) is 4.79 Å². The van der Waals surface area contributed by atoms with E-state index in [1.165, 1.54) is 12.1 Å². The van der Waals surface area contributed by atoms with Crippen LogP contribution in [-0.4, -0.2) is 58.5 Å². The summed E-state index contributed by atoms with van der Waals surface area (Å²) in [5.41, 5.74) is 1.92. The van der Waals surface area contributed by atoms with Crippen LogP contribution in [-0.2, 0) is 14.3 Å². The maximum absolute atomic E-state index is 12.7. The number of nitrogens with zero attached hydrogens (tertiary/aromatic N) is 4. The molecule has 1 saturated heterocycles. The molecular weight excluding hydrogens is 426 g/mol. The molecule has 0 saturated carbocycles. The monoisotopic (exact) mass is 443 g/mol. The van der Waals surface area contributed by atoms with Gasteiger partial charge in [-0.15, -0.1) is 0 Å². The Bertz CT molecular complexity index is 1140. The topological polar surface area (TPSA) is 137 Å². The Balaban J connectivity index is 1.48. The second kappa shape index (κ2) is 9.02. The molecule has 12 heteroatoms. The third kappa shape index (κ3) is 4.59. The van der Waals surface area contributed by atoms with Crippen LogP contribution in [0.15, 0.2) is 36.4 Å². The first-order chi connectivity index (χ1) is 15.0. The van der Waals surface area contributed by atoms with Gasteiger partial charge in [-0.05, 0) is 18.2 Å². The third-order valence-electron chi connectivity index (χ3n) is 4.66. The number of anilines is 2. The molecule has 1 aliphatic heterocycles. The SMILES string of the molecule is O=C(COC(=O)c1cc([N+](=O)[O-])ccc1N1CCOCC1)Nc1cccc2nsnc12. The molecule has 1 amide bonds. The lowest BCUT2D eigenvalue weighted by molar-refractivity contribution is -0.384. The summed E-state index contributed by atoms with van der Waals surface area (Å²) < 4.78 is 18.7. The Morgan fingerprint density at radius 3 is 2.81 bits per heavy atom. The van der Waals surface area contributed by atoms with Crippen LogP contribution < -0.4 is 10.2 Å². The number of hydrogen-bond acceptors (Lipinski definition) is 10. The Morgan fingerprint density at radius 2 is 2.03 bits per heavy atom. The summed E-state index contributed by atoms with van der Waals surface area (Å²) in [6, 6.07) is 9.16. The van der Waals surface area contributed by atoms with Crippen molar-refractivity contribution < 1.29 is 24.0 Å². The van der Waals surface area contributed by atoms with Crippen molar-refractivity contribution in [3.8, 4) is 0 Å². The first kappa shape index (κ1) is 20.6. The zero-order valence-corrected chi connectivity index (χ0v) is 17.0. The number of benzene rings is 2. The van der Waals surface area contributed by atoms with Gasteiger partial charge in [0.25, 0.3) is 11.6 Å². The molecule has 3 aromatic rings. The van der Waals surface area contributed by atoms with E-state index in [1.54, 1.807) is 18.2 Å². The van der Waals surface area contributed by atoms with Gasteiger partial charge in [0.15, 0.2) is 6.61 Å². The number of aromatic nitrogens is 2. The number of amides is 1. The highest BCUT2D eigenvalue weighted by Crippen LogP contribution is 2.27. The molecule has 0 aliphatic carbocycles. The highest BCUT2D eigenvalue weighted by atomic mass is 32.1. The number of hydrogen-bond donors (Lipinski definition) is 1. The molecule has 0 bridgehead atoms. The molecule has 0 atom stereocenters. The summed E-state index contributed by atoms with van der Waals surface area (Å²) in [6.07, 6.45) is 0. The minimum atomic E-state index is -0.825. The van der Waals surface area contributed by atoms with E-state index in [0.717, 1.165) is 17.8 Å². The molecule has 0 unspecified atom stereocenters. The molecule has 4 rings (SSSR count). The van der Waals surface area contributed by atoms with Gasteiger partial charge >= 0.3 is 5.97 Å². The summed E-state index contributed by atoms with van der Waals surface area (Å²) in [7, 11) is 0. The average Bonchev–Trinajstić information content (AvgIpc) is 3.27. The van der Waals surface area contributed by atoms with Crippen molar-refractivity contribution in [1.82, 2.24) is 8.75 Å². The van der Waals surface area contributed by atoms with Gasteiger partial charge in [0.1, 0.15) is 11.0 Å². The summed E-state index contributed by atoms with van der Waals surface area (Å²) >= 11 is 1.02. The van der Waals surface area contributed by atoms with Gasteiger partial charge in [0, 0.05) is 25.2 Å². The van der Waals surface area contributed by atoms with E-state index in [0.29, 0.717) is 48.7 Å². The van der Waals surface area contributed by atoms with Crippen LogP contribution >= 0.6 is 11.7 Å². The van der Waals surface area contributed by atoms with E-state index >= 15 is 0 Å². The van der Waals surface area contributed by atoms with Gasteiger partial charge in [0.05, 0.1) is 46.8 Å². The fourth-order valence-corrected chi connectivity index (χ4v) is 3.73. The molecule has 0 spiro atoms. The van der Waals surface area contributed by atoms with Crippen LogP contribution in [0.4, 0.5) is 17.1 Å². The molecule has 1 aromatic heterocycles. The molecular formula is C19H17N5O6S. The van der Waals surface area contributed by atoms with Crippen molar-refractivity contribution >= 4 is 51.7 Å². The van der Waals surface area contributed by atoms with Gasteiger partial charge < -0.3 is 19.7 Å². The largest absolute Gasteiger partial charge is 0.452 e. The van der Waals surface area contributed by atoms with Crippen LogP contribution in [0, 0.1) is 10.1 Å². The Hall–Kier alpha value is -3.64. The van der Waals surface area contributed by atoms with E-state index in [4.69, 9.17) is 9.47 Å². The van der Waals surface area contributed by atoms with Crippen LogP contribution in [0.3, 0.4) is 0 Å². The van der Waals surface area contributed by atoms with Crippen molar-refractivity contribution in [3.05, 3.63) is 52.1 Å². The summed E-state index contributed by atoms with van der Waals surface area (Å²) in [4.78, 5) is 37.5. The molecule has 2 aromatic carbocycles. The minimum absolute atomic E-state index is 0.0229. The highest BCUT2D eigenvalue weighted by Gasteiger charge is 2.23. The number of rotatable bonds is 6. The number of fused-ring (bicyclic) bond motifs is 1. The molecule has 1 N–H and O–H groups in total. The Kier molecular flexibility index (Phi) is 6.00. The highest BCUT2D eigenvalue weighted by molar-refractivity contribution is 7.00. The van der Waals surface area contributed by atoms with Crippen LogP contribution in [0.1, 0.15) is 10.4 Å². The van der Waals surface area contributed by atoms with Crippen molar-refractivity contribution in [2.75, 3.05) is 43.1 Å². The maximum Gasteiger partial charge on any atom is 0.341 e. The standard InChI is InChI=1S/C19H17N5O6S/c25-17(20-14-2-1-3-15-18(14)22-31-21-15)11-30-19(26)13-10-12(24(27)28)4-5-16(13)23-6-8-29-9-7-23/h1-5,10H,6-9,11H2,(H,20,25). The molecule has 1 aliphatic rings. The van der Waals surface area contributed by atoms with Crippen LogP contribution in [0.5, 0.6) is 0 Å². The quantitative estimate of drug-likeness (QED) is 0.345. The molecule has 2 heterocycles. The lowest BCUT2D eigenvalue weighted by atomic mass is 10.1. The number of morpholine rings is 1. The molecule has 11 nitrogen and oxygen atoms in total. The second-order valence-electron chi connectivity index (χ2n) is 6.62. The Labute approximate surface area is 180 Å². The number of non-ortho nitro benzene ring substituents is 1. The predicted octanol–water partition coefficient (Wildman–Crippen LogP) is 2.23. The van der Waals surface area contributed by atoms with Crippen LogP contribution in [0.2, 0.25) is 0 Å². The lowest BCUT2D eigenvalue weighted by Crippen LogP contribution is -2.37. The first-order valence-electron chi connectivity index (χ1n) is 9.32. The number of esters is 1. The Morgan fingerprint density at radius 1 is 1.23 bits per heavy atom. The fourth-order valence-electron chi connectivity index (χ4n) is 3.18. The summed E-state index contributed by atoms with van der Waals surface area (Å²) in [5.74, 6) is -1.39. The number of nitro groups is 1. The lowest BCUT2D eigenvalue weighted by Gasteiger charge is -2.30. The number of carbonyl (C=O) groups is 2. The van der Waals surface area contributed by atoms with Crippen molar-refractivity contribution in [2.24, 2.45) is 0 Å². The molecule has 160 valence electrons. The maximum atomic E-state index is 12.7. The third-order valence-corrected chi connectivity index (χ3v) is 5.20. The van der Waals surface area contributed by atoms with Crippen molar-refractivity contribution in [3.63, 3.8) is 0 Å². The number of nitro benzene ring substituents is 1. The van der Waals surface area contributed by atoms with Gasteiger partial charge in [0.2, 0.25) is 0 Å². The van der Waals surface area contributed by atoms with Gasteiger partial charge in [-0.1, -0.05) is 6.07 Å². The van der Waals surface area contributed by atoms with E-state index in [2.05, 4.69) is 14.1 Å². The van der Waals surface area contributed by atoms with E-state index in [-0.39, 0.29) is 11.3 Å².